The maximum absolute atomic E-state index is 12.3. The lowest BCUT2D eigenvalue weighted by Crippen LogP contribution is -2.37. The van der Waals surface area contributed by atoms with Crippen molar-refractivity contribution in [2.45, 2.75) is 19.1 Å². The van der Waals surface area contributed by atoms with Crippen LogP contribution in [0.1, 0.15) is 30.2 Å². The number of halogens is 2. The van der Waals surface area contributed by atoms with Crippen molar-refractivity contribution in [2.24, 2.45) is 0 Å². The summed E-state index contributed by atoms with van der Waals surface area (Å²) in [5.74, 6) is -0.0440. The summed E-state index contributed by atoms with van der Waals surface area (Å²) in [5.41, 5.74) is 1.84. The Hall–Kier alpha value is -1.17. The topological polar surface area (TPSA) is 40.5 Å². The van der Waals surface area contributed by atoms with E-state index in [0.717, 1.165) is 15.6 Å². The molecule has 0 aromatic heterocycles. The number of rotatable bonds is 6. The van der Waals surface area contributed by atoms with E-state index in [-0.39, 0.29) is 23.8 Å². The van der Waals surface area contributed by atoms with E-state index in [4.69, 9.17) is 0 Å². The molecule has 0 heterocycles. The summed E-state index contributed by atoms with van der Waals surface area (Å²) >= 11 is 6.61. The molecular formula is C18H19Br2NO2. The minimum atomic E-state index is -0.725. The Bertz CT molecular complexity index is 631. The molecule has 0 bridgehead atoms. The molecule has 0 unspecified atom stereocenters. The van der Waals surface area contributed by atoms with E-state index < -0.39 is 6.10 Å². The minimum absolute atomic E-state index is 0.0440. The molecule has 1 amide bonds. The van der Waals surface area contributed by atoms with Crippen molar-refractivity contribution in [3.05, 3.63) is 70.2 Å². The minimum Gasteiger partial charge on any atom is -0.387 e. The largest absolute Gasteiger partial charge is 0.387 e. The lowest BCUT2D eigenvalue weighted by molar-refractivity contribution is -0.132. The Kier molecular flexibility index (Phi) is 6.81. The van der Waals surface area contributed by atoms with Gasteiger partial charge in [0, 0.05) is 4.47 Å². The first kappa shape index (κ1) is 18.2. The van der Waals surface area contributed by atoms with E-state index in [0.29, 0.717) is 0 Å². The number of aliphatic hydroxyl groups is 1. The molecule has 0 aliphatic heterocycles. The van der Waals surface area contributed by atoms with Gasteiger partial charge in [-0.3, -0.25) is 4.79 Å². The van der Waals surface area contributed by atoms with Gasteiger partial charge in [-0.05, 0) is 30.2 Å². The Labute approximate surface area is 153 Å². The highest BCUT2D eigenvalue weighted by molar-refractivity contribution is 9.10. The van der Waals surface area contributed by atoms with Crippen LogP contribution < -0.4 is 0 Å². The first-order chi connectivity index (χ1) is 11.0. The fraction of sp³-hybridized carbons (Fsp3) is 0.278. The van der Waals surface area contributed by atoms with Gasteiger partial charge in [0.2, 0.25) is 5.91 Å². The van der Waals surface area contributed by atoms with E-state index in [1.54, 1.807) is 4.90 Å². The first-order valence-corrected chi connectivity index (χ1v) is 9.28. The molecular weight excluding hydrogens is 422 g/mol. The number of aliphatic hydroxyl groups excluding tert-OH is 1. The third kappa shape index (κ3) is 4.90. The summed E-state index contributed by atoms with van der Waals surface area (Å²) in [6.07, 6.45) is -0.725. The van der Waals surface area contributed by atoms with Crippen LogP contribution >= 0.6 is 31.9 Å². The number of alkyl halides is 1. The van der Waals surface area contributed by atoms with Gasteiger partial charge < -0.3 is 10.0 Å². The standard InChI is InChI=1S/C18H19Br2NO2/c1-13(14-5-3-2-4-6-14)21(18(23)11-19)12-17(22)15-7-9-16(20)10-8-15/h2-10,13,17,22H,11-12H2,1H3/t13-,17-/m0/s1. The maximum Gasteiger partial charge on any atom is 0.233 e. The molecule has 0 aliphatic carbocycles. The van der Waals surface area contributed by atoms with Crippen molar-refractivity contribution in [1.82, 2.24) is 4.90 Å². The molecule has 0 aliphatic rings. The second-order valence-corrected chi connectivity index (χ2v) is 6.81. The normalized spacial score (nSPS) is 13.4. The third-order valence-electron chi connectivity index (χ3n) is 3.81. The Morgan fingerprint density at radius 2 is 1.70 bits per heavy atom. The zero-order chi connectivity index (χ0) is 16.8. The van der Waals surface area contributed by atoms with Gasteiger partial charge in [-0.15, -0.1) is 0 Å². The predicted molar refractivity (Wildman–Crippen MR) is 99.5 cm³/mol. The van der Waals surface area contributed by atoms with Crippen LogP contribution in [0.15, 0.2) is 59.1 Å². The first-order valence-electron chi connectivity index (χ1n) is 7.37. The number of carbonyl (C=O) groups is 1. The smallest absolute Gasteiger partial charge is 0.233 e. The molecule has 2 aromatic carbocycles. The van der Waals surface area contributed by atoms with Gasteiger partial charge in [0.05, 0.1) is 24.0 Å². The van der Waals surface area contributed by atoms with Crippen molar-refractivity contribution in [3.63, 3.8) is 0 Å². The molecule has 0 saturated carbocycles. The second kappa shape index (κ2) is 8.62. The van der Waals surface area contributed by atoms with E-state index in [1.165, 1.54) is 0 Å². The summed E-state index contributed by atoms with van der Waals surface area (Å²) in [7, 11) is 0. The number of hydrogen-bond acceptors (Lipinski definition) is 2. The molecule has 23 heavy (non-hydrogen) atoms. The third-order valence-corrected chi connectivity index (χ3v) is 4.82. The fourth-order valence-corrected chi connectivity index (χ4v) is 3.03. The maximum atomic E-state index is 12.3. The molecule has 122 valence electrons. The van der Waals surface area contributed by atoms with Gasteiger partial charge in [0.15, 0.2) is 0 Å². The Morgan fingerprint density at radius 1 is 1.09 bits per heavy atom. The lowest BCUT2D eigenvalue weighted by atomic mass is 10.0. The molecule has 5 heteroatoms. The van der Waals surface area contributed by atoms with Gasteiger partial charge >= 0.3 is 0 Å². The number of benzene rings is 2. The van der Waals surface area contributed by atoms with Crippen molar-refractivity contribution >= 4 is 37.8 Å². The second-order valence-electron chi connectivity index (χ2n) is 5.33. The van der Waals surface area contributed by atoms with Crippen LogP contribution in [0, 0.1) is 0 Å². The number of amides is 1. The number of carbonyl (C=O) groups excluding carboxylic acids is 1. The molecule has 0 fully saturated rings. The van der Waals surface area contributed by atoms with Gasteiger partial charge in [-0.1, -0.05) is 74.3 Å². The van der Waals surface area contributed by atoms with Crippen LogP contribution in [0.25, 0.3) is 0 Å². The summed E-state index contributed by atoms with van der Waals surface area (Å²) < 4.78 is 0.958. The molecule has 0 spiro atoms. The quantitative estimate of drug-likeness (QED) is 0.673. The van der Waals surface area contributed by atoms with Gasteiger partial charge in [0.1, 0.15) is 0 Å². The van der Waals surface area contributed by atoms with Crippen LogP contribution in [0.3, 0.4) is 0 Å². The van der Waals surface area contributed by atoms with E-state index in [1.807, 2.05) is 61.5 Å². The van der Waals surface area contributed by atoms with E-state index in [9.17, 15) is 9.90 Å². The highest BCUT2D eigenvalue weighted by Gasteiger charge is 2.23. The highest BCUT2D eigenvalue weighted by Crippen LogP contribution is 2.25. The van der Waals surface area contributed by atoms with Crippen LogP contribution in [-0.4, -0.2) is 27.8 Å². The van der Waals surface area contributed by atoms with Crippen molar-refractivity contribution < 1.29 is 9.90 Å². The summed E-state index contributed by atoms with van der Waals surface area (Å²) in [6.45, 7) is 2.23. The van der Waals surface area contributed by atoms with Crippen molar-refractivity contribution in [2.75, 3.05) is 11.9 Å². The van der Waals surface area contributed by atoms with Crippen LogP contribution in [0.2, 0.25) is 0 Å². The van der Waals surface area contributed by atoms with Crippen molar-refractivity contribution in [3.8, 4) is 0 Å². The summed E-state index contributed by atoms with van der Waals surface area (Å²) in [6, 6.07) is 17.2. The van der Waals surface area contributed by atoms with Crippen molar-refractivity contribution in [1.29, 1.82) is 0 Å². The fourth-order valence-electron chi connectivity index (χ4n) is 2.44. The predicted octanol–water partition coefficient (Wildman–Crippen LogP) is 4.47. The van der Waals surface area contributed by atoms with Crippen LogP contribution in [-0.2, 0) is 4.79 Å². The number of hydrogen-bond donors (Lipinski definition) is 1. The molecule has 0 saturated heterocycles. The zero-order valence-electron chi connectivity index (χ0n) is 12.8. The highest BCUT2D eigenvalue weighted by atomic mass is 79.9. The molecule has 2 aromatic rings. The Morgan fingerprint density at radius 3 is 2.26 bits per heavy atom. The molecule has 3 nitrogen and oxygen atoms in total. The monoisotopic (exact) mass is 439 g/mol. The van der Waals surface area contributed by atoms with Gasteiger partial charge in [0.25, 0.3) is 0 Å². The molecule has 2 rings (SSSR count). The van der Waals surface area contributed by atoms with Gasteiger partial charge in [-0.2, -0.15) is 0 Å². The van der Waals surface area contributed by atoms with Gasteiger partial charge in [-0.25, -0.2) is 0 Å². The average Bonchev–Trinajstić information content (AvgIpc) is 2.59. The van der Waals surface area contributed by atoms with E-state index in [2.05, 4.69) is 31.9 Å². The average molecular weight is 441 g/mol. The number of nitrogens with zero attached hydrogens (tertiary/aromatic N) is 1. The van der Waals surface area contributed by atoms with E-state index >= 15 is 0 Å². The SMILES string of the molecule is C[C@@H](c1ccccc1)N(C[C@H](O)c1ccc(Br)cc1)C(=O)CBr. The summed E-state index contributed by atoms with van der Waals surface area (Å²) in [5, 5.41) is 10.7. The molecule has 1 N–H and O–H groups in total. The van der Waals surface area contributed by atoms with Crippen LogP contribution in [0.4, 0.5) is 0 Å². The summed E-state index contributed by atoms with van der Waals surface area (Å²) in [4.78, 5) is 14.0. The lowest BCUT2D eigenvalue weighted by Gasteiger charge is -2.31. The molecule has 0 radical (unpaired) electrons. The zero-order valence-corrected chi connectivity index (χ0v) is 16.0. The van der Waals surface area contributed by atoms with Crippen LogP contribution in [0.5, 0.6) is 0 Å². The molecule has 2 atom stereocenters. The Balaban J connectivity index is 2.18.